The molecule has 84 valence electrons. The topological polar surface area (TPSA) is 49.5 Å². The van der Waals surface area contributed by atoms with Crippen molar-refractivity contribution >= 4 is 11.4 Å². The Morgan fingerprint density at radius 1 is 1.40 bits per heavy atom. The predicted molar refractivity (Wildman–Crippen MR) is 65.2 cm³/mol. The molecule has 3 heteroatoms. The summed E-state index contributed by atoms with van der Waals surface area (Å²) in [5, 5.41) is 9.30. The minimum absolute atomic E-state index is 0.0941. The van der Waals surface area contributed by atoms with Crippen LogP contribution in [0.4, 0.5) is 11.4 Å². The largest absolute Gasteiger partial charge is 0.397 e. The van der Waals surface area contributed by atoms with Crippen LogP contribution in [-0.2, 0) is 0 Å². The average Bonchev–Trinajstić information content (AvgIpc) is 2.21. The van der Waals surface area contributed by atoms with Crippen molar-refractivity contribution < 1.29 is 5.11 Å². The molecule has 1 aromatic carbocycles. The molecular formula is C12H20N2O. The van der Waals surface area contributed by atoms with Crippen molar-refractivity contribution in [2.75, 3.05) is 24.3 Å². The number of benzene rings is 1. The lowest BCUT2D eigenvalue weighted by molar-refractivity contribution is 0.216. The predicted octanol–water partition coefficient (Wildman–Crippen LogP) is 1.78. The number of aliphatic hydroxyl groups is 1. The Labute approximate surface area is 91.5 Å². The molecule has 0 aliphatic heterocycles. The van der Waals surface area contributed by atoms with Crippen LogP contribution in [0.3, 0.4) is 0 Å². The number of aryl methyl sites for hydroxylation is 1. The number of aliphatic hydroxyl groups excluding tert-OH is 1. The van der Waals surface area contributed by atoms with Crippen molar-refractivity contribution in [3.63, 3.8) is 0 Å². The number of nitrogen functional groups attached to an aromatic ring is 1. The number of anilines is 2. The summed E-state index contributed by atoms with van der Waals surface area (Å²) in [6, 6.07) is 5.93. The van der Waals surface area contributed by atoms with Crippen LogP contribution in [0.25, 0.3) is 0 Å². The first-order valence-electron chi connectivity index (χ1n) is 5.10. The number of hydrogen-bond donors (Lipinski definition) is 2. The second kappa shape index (κ2) is 4.11. The van der Waals surface area contributed by atoms with Crippen molar-refractivity contribution in [2.24, 2.45) is 0 Å². The molecule has 0 amide bonds. The average molecular weight is 208 g/mol. The molecule has 0 fully saturated rings. The first kappa shape index (κ1) is 11.9. The van der Waals surface area contributed by atoms with Gasteiger partial charge in [0.05, 0.1) is 23.5 Å². The fourth-order valence-corrected chi connectivity index (χ4v) is 1.39. The van der Waals surface area contributed by atoms with Crippen molar-refractivity contribution in [1.82, 2.24) is 0 Å². The van der Waals surface area contributed by atoms with Gasteiger partial charge in [0.15, 0.2) is 0 Å². The van der Waals surface area contributed by atoms with Gasteiger partial charge in [-0.25, -0.2) is 0 Å². The zero-order valence-corrected chi connectivity index (χ0v) is 9.91. The van der Waals surface area contributed by atoms with E-state index < -0.39 is 0 Å². The van der Waals surface area contributed by atoms with Gasteiger partial charge in [-0.1, -0.05) is 12.1 Å². The van der Waals surface area contributed by atoms with E-state index in [0.29, 0.717) is 0 Å². The van der Waals surface area contributed by atoms with Crippen LogP contribution >= 0.6 is 0 Å². The maximum absolute atomic E-state index is 9.30. The number of para-hydroxylation sites is 1. The molecule has 0 unspecified atom stereocenters. The summed E-state index contributed by atoms with van der Waals surface area (Å²) in [4.78, 5) is 2.01. The smallest absolute Gasteiger partial charge is 0.0658 e. The minimum atomic E-state index is -0.304. The molecule has 0 atom stereocenters. The zero-order valence-electron chi connectivity index (χ0n) is 9.91. The van der Waals surface area contributed by atoms with Crippen molar-refractivity contribution in [1.29, 1.82) is 0 Å². The molecule has 0 aliphatic carbocycles. The fraction of sp³-hybridized carbons (Fsp3) is 0.500. The van der Waals surface area contributed by atoms with Gasteiger partial charge in [-0.3, -0.25) is 0 Å². The van der Waals surface area contributed by atoms with E-state index in [9.17, 15) is 5.11 Å². The molecule has 0 aliphatic rings. The quantitative estimate of drug-likeness (QED) is 0.744. The molecule has 0 bridgehead atoms. The van der Waals surface area contributed by atoms with Gasteiger partial charge in [-0.15, -0.1) is 0 Å². The van der Waals surface area contributed by atoms with Gasteiger partial charge in [0, 0.05) is 7.05 Å². The van der Waals surface area contributed by atoms with Crippen molar-refractivity contribution in [2.45, 2.75) is 26.3 Å². The standard InChI is InChI=1S/C12H20N2O/c1-9-6-5-7-10(11(9)13)14(4)12(2,3)8-15/h5-7,15H,8,13H2,1-4H3. The lowest BCUT2D eigenvalue weighted by Crippen LogP contribution is -2.44. The highest BCUT2D eigenvalue weighted by Crippen LogP contribution is 2.29. The van der Waals surface area contributed by atoms with E-state index >= 15 is 0 Å². The van der Waals surface area contributed by atoms with Crippen LogP contribution in [0.15, 0.2) is 18.2 Å². The van der Waals surface area contributed by atoms with Gasteiger partial charge < -0.3 is 15.7 Å². The molecular weight excluding hydrogens is 188 g/mol. The highest BCUT2D eigenvalue weighted by Gasteiger charge is 2.24. The Bertz CT molecular complexity index is 347. The zero-order chi connectivity index (χ0) is 11.6. The van der Waals surface area contributed by atoms with Crippen LogP contribution in [-0.4, -0.2) is 24.3 Å². The molecule has 1 aromatic rings. The highest BCUT2D eigenvalue weighted by molar-refractivity contribution is 5.71. The molecule has 3 nitrogen and oxygen atoms in total. The Morgan fingerprint density at radius 3 is 2.53 bits per heavy atom. The number of nitrogens with two attached hydrogens (primary N) is 1. The van der Waals surface area contributed by atoms with E-state index in [4.69, 9.17) is 5.73 Å². The summed E-state index contributed by atoms with van der Waals surface area (Å²) >= 11 is 0. The summed E-state index contributed by atoms with van der Waals surface area (Å²) in [5.41, 5.74) is 8.52. The normalized spacial score (nSPS) is 11.5. The van der Waals surface area contributed by atoms with E-state index in [1.807, 2.05) is 50.9 Å². The fourth-order valence-electron chi connectivity index (χ4n) is 1.39. The summed E-state index contributed by atoms with van der Waals surface area (Å²) in [7, 11) is 1.95. The third-order valence-corrected chi connectivity index (χ3v) is 2.96. The van der Waals surface area contributed by atoms with Gasteiger partial charge in [-0.2, -0.15) is 0 Å². The molecule has 0 saturated carbocycles. The molecule has 0 saturated heterocycles. The molecule has 0 radical (unpaired) electrons. The molecule has 0 aromatic heterocycles. The van der Waals surface area contributed by atoms with Gasteiger partial charge >= 0.3 is 0 Å². The highest BCUT2D eigenvalue weighted by atomic mass is 16.3. The second-order valence-corrected chi connectivity index (χ2v) is 4.54. The van der Waals surface area contributed by atoms with Gasteiger partial charge in [-0.05, 0) is 32.4 Å². The Morgan fingerprint density at radius 2 is 2.00 bits per heavy atom. The number of hydrogen-bond acceptors (Lipinski definition) is 3. The molecule has 15 heavy (non-hydrogen) atoms. The van der Waals surface area contributed by atoms with E-state index in [1.165, 1.54) is 0 Å². The maximum Gasteiger partial charge on any atom is 0.0658 e. The third kappa shape index (κ3) is 2.23. The molecule has 0 heterocycles. The van der Waals surface area contributed by atoms with Crippen LogP contribution < -0.4 is 10.6 Å². The minimum Gasteiger partial charge on any atom is -0.397 e. The SMILES string of the molecule is Cc1cccc(N(C)C(C)(C)CO)c1N. The van der Waals surface area contributed by atoms with Crippen molar-refractivity contribution in [3.8, 4) is 0 Å². The third-order valence-electron chi connectivity index (χ3n) is 2.96. The second-order valence-electron chi connectivity index (χ2n) is 4.54. The summed E-state index contributed by atoms with van der Waals surface area (Å²) in [5.74, 6) is 0. The van der Waals surface area contributed by atoms with Gasteiger partial charge in [0.2, 0.25) is 0 Å². The first-order valence-corrected chi connectivity index (χ1v) is 5.10. The van der Waals surface area contributed by atoms with E-state index in [-0.39, 0.29) is 12.1 Å². The lowest BCUT2D eigenvalue weighted by Gasteiger charge is -2.36. The first-order chi connectivity index (χ1) is 6.90. The summed E-state index contributed by atoms with van der Waals surface area (Å²) in [6.07, 6.45) is 0. The van der Waals surface area contributed by atoms with Crippen LogP contribution in [0, 0.1) is 6.92 Å². The monoisotopic (exact) mass is 208 g/mol. The van der Waals surface area contributed by atoms with E-state index in [0.717, 1.165) is 16.9 Å². The molecule has 1 rings (SSSR count). The van der Waals surface area contributed by atoms with Gasteiger partial charge in [0.1, 0.15) is 0 Å². The number of nitrogens with zero attached hydrogens (tertiary/aromatic N) is 1. The van der Waals surface area contributed by atoms with Crippen LogP contribution in [0.2, 0.25) is 0 Å². The lowest BCUT2D eigenvalue weighted by atomic mass is 10.0. The Hall–Kier alpha value is -1.22. The number of likely N-dealkylation sites (N-methyl/N-ethyl adjacent to an activating group) is 1. The van der Waals surface area contributed by atoms with Crippen molar-refractivity contribution in [3.05, 3.63) is 23.8 Å². The Balaban J connectivity index is 3.12. The van der Waals surface area contributed by atoms with E-state index in [1.54, 1.807) is 0 Å². The molecule has 0 spiro atoms. The number of rotatable bonds is 3. The summed E-state index contributed by atoms with van der Waals surface area (Å²) in [6.45, 7) is 6.04. The van der Waals surface area contributed by atoms with Crippen LogP contribution in [0.5, 0.6) is 0 Å². The summed E-state index contributed by atoms with van der Waals surface area (Å²) < 4.78 is 0. The molecule has 3 N–H and O–H groups in total. The van der Waals surface area contributed by atoms with Gasteiger partial charge in [0.25, 0.3) is 0 Å². The maximum atomic E-state index is 9.30. The Kier molecular flexibility index (Phi) is 3.25. The van der Waals surface area contributed by atoms with Crippen LogP contribution in [0.1, 0.15) is 19.4 Å². The van der Waals surface area contributed by atoms with E-state index in [2.05, 4.69) is 0 Å².